The molecule has 4 rings (SSSR count). The molecule has 7 nitrogen and oxygen atoms in total. The first kappa shape index (κ1) is 16.1. The number of aliphatic hydroxyl groups is 1. The van der Waals surface area contributed by atoms with Gasteiger partial charge in [0.1, 0.15) is 23.0 Å². The van der Waals surface area contributed by atoms with E-state index in [2.05, 4.69) is 22.2 Å². The van der Waals surface area contributed by atoms with Gasteiger partial charge >= 0.3 is 0 Å². The summed E-state index contributed by atoms with van der Waals surface area (Å²) in [6, 6.07) is 5.21. The fraction of sp³-hybridized carbons (Fsp3) is 0.188. The Hall–Kier alpha value is -2.42. The summed E-state index contributed by atoms with van der Waals surface area (Å²) in [7, 11) is 0. The first-order valence-electron chi connectivity index (χ1n) is 7.67. The fourth-order valence-corrected chi connectivity index (χ4v) is 3.96. The van der Waals surface area contributed by atoms with Gasteiger partial charge in [-0.3, -0.25) is 4.40 Å². The molecule has 4 aromatic rings. The van der Waals surface area contributed by atoms with E-state index < -0.39 is 6.10 Å². The molecule has 9 heteroatoms. The smallest absolute Gasteiger partial charge is 0.141 e. The average Bonchev–Trinajstić information content (AvgIpc) is 3.31. The molecule has 0 radical (unpaired) electrons. The van der Waals surface area contributed by atoms with Crippen LogP contribution in [0.1, 0.15) is 29.3 Å². The fourth-order valence-electron chi connectivity index (χ4n) is 2.72. The zero-order valence-electron chi connectivity index (χ0n) is 13.3. The lowest BCUT2D eigenvalue weighted by atomic mass is 10.1. The van der Waals surface area contributed by atoms with Crippen molar-refractivity contribution in [3.05, 3.63) is 58.2 Å². The lowest BCUT2D eigenvalue weighted by Gasteiger charge is -2.09. The van der Waals surface area contributed by atoms with Crippen molar-refractivity contribution in [1.29, 1.82) is 0 Å². The highest BCUT2D eigenvalue weighted by molar-refractivity contribution is 7.17. The second-order valence-corrected chi connectivity index (χ2v) is 7.08. The Morgan fingerprint density at radius 1 is 1.40 bits per heavy atom. The number of benzene rings is 1. The van der Waals surface area contributed by atoms with Crippen LogP contribution in [-0.2, 0) is 6.42 Å². The van der Waals surface area contributed by atoms with Crippen molar-refractivity contribution >= 4 is 33.5 Å². The highest BCUT2D eigenvalue weighted by Crippen LogP contribution is 2.31. The van der Waals surface area contributed by atoms with E-state index in [4.69, 9.17) is 17.3 Å². The summed E-state index contributed by atoms with van der Waals surface area (Å²) in [5, 5.41) is 19.5. The highest BCUT2D eigenvalue weighted by atomic mass is 35.5. The van der Waals surface area contributed by atoms with E-state index in [0.717, 1.165) is 27.5 Å². The molecule has 0 bridgehead atoms. The second-order valence-electron chi connectivity index (χ2n) is 5.56. The van der Waals surface area contributed by atoms with Crippen molar-refractivity contribution in [1.82, 2.24) is 24.4 Å². The van der Waals surface area contributed by atoms with Crippen molar-refractivity contribution in [2.45, 2.75) is 19.4 Å². The number of aromatic nitrogens is 5. The van der Waals surface area contributed by atoms with Crippen LogP contribution in [-0.4, -0.2) is 29.5 Å². The maximum atomic E-state index is 10.9. The van der Waals surface area contributed by atoms with Crippen molar-refractivity contribution in [2.75, 3.05) is 5.73 Å². The summed E-state index contributed by atoms with van der Waals surface area (Å²) in [6.07, 6.45) is 5.10. The zero-order valence-corrected chi connectivity index (χ0v) is 14.9. The van der Waals surface area contributed by atoms with Gasteiger partial charge < -0.3 is 10.8 Å². The van der Waals surface area contributed by atoms with Crippen molar-refractivity contribution in [2.24, 2.45) is 0 Å². The first-order chi connectivity index (χ1) is 12.1. The maximum Gasteiger partial charge on any atom is 0.141 e. The quantitative estimate of drug-likeness (QED) is 0.535. The second kappa shape index (κ2) is 6.14. The van der Waals surface area contributed by atoms with Crippen LogP contribution in [0.15, 0.2) is 36.9 Å². The van der Waals surface area contributed by atoms with E-state index in [0.29, 0.717) is 16.4 Å². The van der Waals surface area contributed by atoms with Gasteiger partial charge in [0, 0.05) is 4.88 Å². The topological polar surface area (TPSA) is 94.3 Å². The Bertz CT molecular complexity index is 1050. The molecule has 1 unspecified atom stereocenters. The minimum Gasteiger partial charge on any atom is -0.398 e. The summed E-state index contributed by atoms with van der Waals surface area (Å²) < 4.78 is 3.46. The molecule has 0 spiro atoms. The van der Waals surface area contributed by atoms with Gasteiger partial charge in [0.2, 0.25) is 0 Å². The van der Waals surface area contributed by atoms with Gasteiger partial charge in [0.15, 0.2) is 0 Å². The Balaban J connectivity index is 1.73. The Labute approximate surface area is 152 Å². The number of hydrogen-bond acceptors (Lipinski definition) is 6. The monoisotopic (exact) mass is 374 g/mol. The number of halogens is 1. The predicted molar refractivity (Wildman–Crippen MR) is 97.3 cm³/mol. The SMILES string of the molecule is CCc1sc2cncn2c1C(O)c1cn(-c2ccc(N)c(Cl)c2)nn1. The van der Waals surface area contributed by atoms with Gasteiger partial charge in [-0.15, -0.1) is 16.4 Å². The molecule has 1 aromatic carbocycles. The summed E-state index contributed by atoms with van der Waals surface area (Å²) >= 11 is 7.68. The number of aliphatic hydroxyl groups excluding tert-OH is 1. The van der Waals surface area contributed by atoms with Crippen molar-refractivity contribution in [3.8, 4) is 5.69 Å². The number of hydrogen-bond donors (Lipinski definition) is 2. The van der Waals surface area contributed by atoms with E-state index in [1.165, 1.54) is 0 Å². The van der Waals surface area contributed by atoms with E-state index in [1.54, 1.807) is 52.9 Å². The molecule has 25 heavy (non-hydrogen) atoms. The van der Waals surface area contributed by atoms with Crippen LogP contribution in [0.4, 0.5) is 5.69 Å². The molecule has 0 aliphatic heterocycles. The number of rotatable bonds is 4. The number of nitrogen functional groups attached to an aromatic ring is 1. The standard InChI is InChI=1S/C16H15ClN6OS/c1-2-13-15(22-8-19-6-14(22)25-13)16(24)12-7-23(21-20-12)9-3-4-11(18)10(17)5-9/h3-8,16,24H,2,18H2,1H3. The minimum absolute atomic E-state index is 0.446. The molecule has 0 aliphatic carbocycles. The summed E-state index contributed by atoms with van der Waals surface area (Å²) in [4.78, 5) is 6.22. The van der Waals surface area contributed by atoms with Gasteiger partial charge in [-0.1, -0.05) is 23.7 Å². The summed E-state index contributed by atoms with van der Waals surface area (Å²) in [6.45, 7) is 2.06. The van der Waals surface area contributed by atoms with Crippen LogP contribution in [0, 0.1) is 0 Å². The number of fused-ring (bicyclic) bond motifs is 1. The highest BCUT2D eigenvalue weighted by Gasteiger charge is 2.23. The molecule has 3 aromatic heterocycles. The Morgan fingerprint density at radius 2 is 2.24 bits per heavy atom. The lowest BCUT2D eigenvalue weighted by molar-refractivity contribution is 0.208. The molecule has 0 amide bonds. The molecule has 0 fully saturated rings. The van der Waals surface area contributed by atoms with Gasteiger partial charge in [-0.25, -0.2) is 9.67 Å². The van der Waals surface area contributed by atoms with Crippen LogP contribution >= 0.6 is 22.9 Å². The van der Waals surface area contributed by atoms with Crippen LogP contribution in [0.2, 0.25) is 5.02 Å². The Kier molecular flexibility index (Phi) is 3.95. The molecular formula is C16H15ClN6OS. The van der Waals surface area contributed by atoms with Crippen LogP contribution < -0.4 is 5.73 Å². The number of nitrogens with two attached hydrogens (primary N) is 1. The maximum absolute atomic E-state index is 10.9. The largest absolute Gasteiger partial charge is 0.398 e. The minimum atomic E-state index is -0.893. The third-order valence-corrected chi connectivity index (χ3v) is 5.58. The summed E-state index contributed by atoms with van der Waals surface area (Å²) in [5.41, 5.74) is 8.19. The molecule has 0 saturated heterocycles. The number of aryl methyl sites for hydroxylation is 1. The van der Waals surface area contributed by atoms with Crippen LogP contribution in [0.3, 0.4) is 0 Å². The summed E-state index contributed by atoms with van der Waals surface area (Å²) in [5.74, 6) is 0. The third kappa shape index (κ3) is 2.68. The van der Waals surface area contributed by atoms with E-state index in [1.807, 2.05) is 4.40 Å². The van der Waals surface area contributed by atoms with Gasteiger partial charge in [-0.05, 0) is 24.6 Å². The van der Waals surface area contributed by atoms with E-state index in [9.17, 15) is 5.11 Å². The lowest BCUT2D eigenvalue weighted by Crippen LogP contribution is -2.06. The van der Waals surface area contributed by atoms with Crippen molar-refractivity contribution < 1.29 is 5.11 Å². The number of anilines is 1. The Morgan fingerprint density at radius 3 is 3.00 bits per heavy atom. The van der Waals surface area contributed by atoms with Crippen LogP contribution in [0.5, 0.6) is 0 Å². The predicted octanol–water partition coefficient (Wildman–Crippen LogP) is 2.86. The zero-order chi connectivity index (χ0) is 17.6. The van der Waals surface area contributed by atoms with Gasteiger partial charge in [0.25, 0.3) is 0 Å². The molecule has 3 heterocycles. The average molecular weight is 375 g/mol. The van der Waals surface area contributed by atoms with Gasteiger partial charge in [0.05, 0.1) is 34.5 Å². The molecule has 128 valence electrons. The molecular weight excluding hydrogens is 360 g/mol. The van der Waals surface area contributed by atoms with E-state index in [-0.39, 0.29) is 0 Å². The van der Waals surface area contributed by atoms with E-state index >= 15 is 0 Å². The first-order valence-corrected chi connectivity index (χ1v) is 8.87. The molecule has 1 atom stereocenters. The number of nitrogens with zero attached hydrogens (tertiary/aromatic N) is 5. The van der Waals surface area contributed by atoms with Crippen molar-refractivity contribution in [3.63, 3.8) is 0 Å². The molecule has 3 N–H and O–H groups in total. The van der Waals surface area contributed by atoms with Crippen LogP contribution in [0.25, 0.3) is 10.5 Å². The molecule has 0 saturated carbocycles. The van der Waals surface area contributed by atoms with Gasteiger partial charge in [-0.2, -0.15) is 0 Å². The number of thiazole rings is 1. The normalized spacial score (nSPS) is 12.8. The molecule has 0 aliphatic rings. The third-order valence-electron chi connectivity index (χ3n) is 4.00. The number of imidazole rings is 1.